The van der Waals surface area contributed by atoms with Crippen LogP contribution in [0, 0.1) is 15.9 Å². The molecule has 1 atom stereocenters. The van der Waals surface area contributed by atoms with E-state index in [1.807, 2.05) is 6.92 Å². The largest absolute Gasteiger partial charge is 0.324 e. The summed E-state index contributed by atoms with van der Waals surface area (Å²) in [5.74, 6) is -0.485. The highest BCUT2D eigenvalue weighted by molar-refractivity contribution is 5.36. The number of nitrogens with zero attached hydrogens (tertiary/aromatic N) is 1. The third kappa shape index (κ3) is 2.73. The molecule has 0 aliphatic heterocycles. The number of benzene rings is 1. The average Bonchev–Trinajstić information content (AvgIpc) is 2.18. The Kier molecular flexibility index (Phi) is 3.74. The Labute approximate surface area is 87.0 Å². The number of nitro benzene ring substituents is 1. The molecule has 1 aromatic carbocycles. The van der Waals surface area contributed by atoms with Crippen LogP contribution in [0.3, 0.4) is 0 Å². The highest BCUT2D eigenvalue weighted by Gasteiger charge is 2.15. The molecule has 5 heteroatoms. The van der Waals surface area contributed by atoms with Crippen LogP contribution in [-0.2, 0) is 0 Å². The van der Waals surface area contributed by atoms with Gasteiger partial charge in [-0.3, -0.25) is 10.1 Å². The van der Waals surface area contributed by atoms with Gasteiger partial charge in [0, 0.05) is 23.7 Å². The summed E-state index contributed by atoms with van der Waals surface area (Å²) in [6.07, 6.45) is 1.42. The fraction of sp³-hybridized carbons (Fsp3) is 0.400. The van der Waals surface area contributed by atoms with Crippen LogP contribution in [0.1, 0.15) is 31.4 Å². The van der Waals surface area contributed by atoms with Crippen molar-refractivity contribution in [3.05, 3.63) is 39.7 Å². The molecule has 4 nitrogen and oxygen atoms in total. The number of nitro groups is 1. The second-order valence-electron chi connectivity index (χ2n) is 3.36. The Morgan fingerprint density at radius 3 is 2.80 bits per heavy atom. The van der Waals surface area contributed by atoms with E-state index in [0.717, 1.165) is 18.6 Å². The molecule has 0 bridgehead atoms. The van der Waals surface area contributed by atoms with Gasteiger partial charge in [0.2, 0.25) is 0 Å². The summed E-state index contributed by atoms with van der Waals surface area (Å²) in [6, 6.07) is 2.95. The lowest BCUT2D eigenvalue weighted by Crippen LogP contribution is -2.12. The summed E-state index contributed by atoms with van der Waals surface area (Å²) >= 11 is 0. The van der Waals surface area contributed by atoms with Crippen LogP contribution in [0.15, 0.2) is 18.2 Å². The second-order valence-corrected chi connectivity index (χ2v) is 3.36. The molecule has 82 valence electrons. The quantitative estimate of drug-likeness (QED) is 0.615. The van der Waals surface area contributed by atoms with Crippen molar-refractivity contribution in [1.29, 1.82) is 0 Å². The molecule has 2 N–H and O–H groups in total. The maximum Gasteiger partial charge on any atom is 0.269 e. The predicted octanol–water partition coefficient (Wildman–Crippen LogP) is 2.53. The zero-order valence-corrected chi connectivity index (χ0v) is 8.44. The van der Waals surface area contributed by atoms with Crippen LogP contribution in [0.4, 0.5) is 10.1 Å². The molecular formula is C10H13FN2O2. The van der Waals surface area contributed by atoms with E-state index in [2.05, 4.69) is 0 Å². The predicted molar refractivity (Wildman–Crippen MR) is 54.9 cm³/mol. The SMILES string of the molecule is CCC[C@@H](N)c1cc([N+](=O)[O-])ccc1F. The minimum absolute atomic E-state index is 0.127. The summed E-state index contributed by atoms with van der Waals surface area (Å²) < 4.78 is 13.3. The fourth-order valence-corrected chi connectivity index (χ4v) is 1.40. The monoisotopic (exact) mass is 212 g/mol. The van der Waals surface area contributed by atoms with Crippen LogP contribution < -0.4 is 5.73 Å². The summed E-state index contributed by atoms with van der Waals surface area (Å²) in [6.45, 7) is 1.93. The molecule has 0 unspecified atom stereocenters. The second kappa shape index (κ2) is 4.84. The van der Waals surface area contributed by atoms with Gasteiger partial charge in [-0.15, -0.1) is 0 Å². The first-order chi connectivity index (χ1) is 7.06. The lowest BCUT2D eigenvalue weighted by molar-refractivity contribution is -0.385. The first-order valence-corrected chi connectivity index (χ1v) is 4.75. The normalized spacial score (nSPS) is 12.5. The number of halogens is 1. The number of nitrogens with two attached hydrogens (primary N) is 1. The molecule has 0 saturated heterocycles. The van der Waals surface area contributed by atoms with Crippen molar-refractivity contribution in [1.82, 2.24) is 0 Å². The minimum Gasteiger partial charge on any atom is -0.324 e. The van der Waals surface area contributed by atoms with Gasteiger partial charge >= 0.3 is 0 Å². The lowest BCUT2D eigenvalue weighted by Gasteiger charge is -2.11. The maximum atomic E-state index is 13.3. The molecule has 0 heterocycles. The van der Waals surface area contributed by atoms with E-state index in [1.165, 1.54) is 6.07 Å². The summed E-state index contributed by atoms with van der Waals surface area (Å²) in [5, 5.41) is 10.5. The van der Waals surface area contributed by atoms with Crippen LogP contribution in [0.5, 0.6) is 0 Å². The Hall–Kier alpha value is -1.49. The van der Waals surface area contributed by atoms with Crippen LogP contribution >= 0.6 is 0 Å². The number of non-ortho nitro benzene ring substituents is 1. The molecule has 1 rings (SSSR count). The van der Waals surface area contributed by atoms with E-state index in [9.17, 15) is 14.5 Å². The standard InChI is InChI=1S/C10H13FN2O2/c1-2-3-10(12)8-6-7(13(14)15)4-5-9(8)11/h4-6,10H,2-3,12H2,1H3/t10-/m1/s1. The zero-order valence-electron chi connectivity index (χ0n) is 8.44. The molecule has 0 aromatic heterocycles. The fourth-order valence-electron chi connectivity index (χ4n) is 1.40. The van der Waals surface area contributed by atoms with E-state index >= 15 is 0 Å². The summed E-state index contributed by atoms with van der Waals surface area (Å²) in [7, 11) is 0. The lowest BCUT2D eigenvalue weighted by atomic mass is 10.0. The smallest absolute Gasteiger partial charge is 0.269 e. The van der Waals surface area contributed by atoms with Gasteiger partial charge in [0.15, 0.2) is 0 Å². The molecule has 0 radical (unpaired) electrons. The maximum absolute atomic E-state index is 13.3. The van der Waals surface area contributed by atoms with Crippen molar-refractivity contribution in [3.63, 3.8) is 0 Å². The van der Waals surface area contributed by atoms with E-state index in [4.69, 9.17) is 5.73 Å². The van der Waals surface area contributed by atoms with E-state index in [0.29, 0.717) is 6.42 Å². The van der Waals surface area contributed by atoms with Crippen molar-refractivity contribution in [2.75, 3.05) is 0 Å². The van der Waals surface area contributed by atoms with Crippen LogP contribution in [0.25, 0.3) is 0 Å². The number of rotatable bonds is 4. The van der Waals surface area contributed by atoms with Crippen molar-refractivity contribution in [2.24, 2.45) is 5.73 Å². The van der Waals surface area contributed by atoms with Gasteiger partial charge in [-0.2, -0.15) is 0 Å². The molecular weight excluding hydrogens is 199 g/mol. The highest BCUT2D eigenvalue weighted by Crippen LogP contribution is 2.23. The Morgan fingerprint density at radius 1 is 1.60 bits per heavy atom. The van der Waals surface area contributed by atoms with Gasteiger partial charge in [-0.05, 0) is 12.5 Å². The molecule has 0 spiro atoms. The first-order valence-electron chi connectivity index (χ1n) is 4.75. The van der Waals surface area contributed by atoms with Crippen molar-refractivity contribution >= 4 is 5.69 Å². The average molecular weight is 212 g/mol. The number of hydrogen-bond donors (Lipinski definition) is 1. The van der Waals surface area contributed by atoms with Crippen molar-refractivity contribution in [2.45, 2.75) is 25.8 Å². The van der Waals surface area contributed by atoms with Gasteiger partial charge in [-0.25, -0.2) is 4.39 Å². The van der Waals surface area contributed by atoms with Crippen LogP contribution in [-0.4, -0.2) is 4.92 Å². The van der Waals surface area contributed by atoms with Gasteiger partial charge in [0.05, 0.1) is 4.92 Å². The molecule has 15 heavy (non-hydrogen) atoms. The summed E-state index contributed by atoms with van der Waals surface area (Å²) in [5.41, 5.74) is 5.80. The van der Waals surface area contributed by atoms with Gasteiger partial charge in [0.25, 0.3) is 5.69 Å². The van der Waals surface area contributed by atoms with Crippen molar-refractivity contribution < 1.29 is 9.31 Å². The molecule has 0 saturated carbocycles. The van der Waals surface area contributed by atoms with Gasteiger partial charge in [-0.1, -0.05) is 13.3 Å². The van der Waals surface area contributed by atoms with Crippen LogP contribution in [0.2, 0.25) is 0 Å². The molecule has 1 aromatic rings. The molecule has 0 fully saturated rings. The third-order valence-corrected chi connectivity index (χ3v) is 2.19. The first kappa shape index (κ1) is 11.6. The minimum atomic E-state index is -0.554. The Morgan fingerprint density at radius 2 is 2.27 bits per heavy atom. The topological polar surface area (TPSA) is 69.2 Å². The molecule has 0 aliphatic rings. The van der Waals surface area contributed by atoms with E-state index in [-0.39, 0.29) is 11.3 Å². The Bertz CT molecular complexity index is 368. The molecule has 0 amide bonds. The number of hydrogen-bond acceptors (Lipinski definition) is 3. The summed E-state index contributed by atoms with van der Waals surface area (Å²) in [4.78, 5) is 9.93. The van der Waals surface area contributed by atoms with Crippen molar-refractivity contribution in [3.8, 4) is 0 Å². The molecule has 0 aliphatic carbocycles. The highest BCUT2D eigenvalue weighted by atomic mass is 19.1. The van der Waals surface area contributed by atoms with E-state index < -0.39 is 16.8 Å². The Balaban J connectivity index is 3.04. The van der Waals surface area contributed by atoms with E-state index in [1.54, 1.807) is 0 Å². The third-order valence-electron chi connectivity index (χ3n) is 2.19. The zero-order chi connectivity index (χ0) is 11.4. The van der Waals surface area contributed by atoms with Gasteiger partial charge < -0.3 is 5.73 Å². The van der Waals surface area contributed by atoms with Gasteiger partial charge in [0.1, 0.15) is 5.82 Å².